The van der Waals surface area contributed by atoms with Crippen LogP contribution in [0.1, 0.15) is 17.3 Å². The maximum absolute atomic E-state index is 10.8. The molecule has 2 nitrogen and oxygen atoms in total. The molecule has 0 aliphatic carbocycles. The highest BCUT2D eigenvalue weighted by Gasteiger charge is 1.96. The van der Waals surface area contributed by atoms with E-state index in [1.54, 1.807) is 24.3 Å². The van der Waals surface area contributed by atoms with E-state index in [1.165, 1.54) is 6.92 Å². The molecular formula is C9H7NO. The minimum atomic E-state index is 0.0292. The Labute approximate surface area is 65.3 Å². The Bertz CT molecular complexity index is 305. The van der Waals surface area contributed by atoms with Gasteiger partial charge in [-0.1, -0.05) is 24.3 Å². The molecule has 1 rings (SSSR count). The number of Topliss-reactive ketones (excluding diaryl/α,β-unsaturated/α-hetero) is 1. The first-order valence-corrected chi connectivity index (χ1v) is 3.22. The van der Waals surface area contributed by atoms with Crippen LogP contribution >= 0.6 is 0 Å². The molecule has 1 aromatic carbocycles. The van der Waals surface area contributed by atoms with Crippen LogP contribution in [0.5, 0.6) is 0 Å². The second-order valence-electron chi connectivity index (χ2n) is 2.21. The first-order chi connectivity index (χ1) is 5.24. The Morgan fingerprint density at radius 2 is 1.91 bits per heavy atom. The van der Waals surface area contributed by atoms with Gasteiger partial charge in [-0.05, 0) is 6.92 Å². The molecular weight excluding hydrogens is 138 g/mol. The number of benzene rings is 1. The molecule has 0 aliphatic heterocycles. The van der Waals surface area contributed by atoms with Crippen molar-refractivity contribution in [3.63, 3.8) is 0 Å². The van der Waals surface area contributed by atoms with Gasteiger partial charge >= 0.3 is 0 Å². The van der Waals surface area contributed by atoms with Gasteiger partial charge in [0.15, 0.2) is 11.5 Å². The van der Waals surface area contributed by atoms with Crippen LogP contribution in [0.2, 0.25) is 0 Å². The van der Waals surface area contributed by atoms with Gasteiger partial charge < -0.3 is 0 Å². The fourth-order valence-electron chi connectivity index (χ4n) is 0.771. The van der Waals surface area contributed by atoms with Gasteiger partial charge in [0.2, 0.25) is 0 Å². The molecule has 0 saturated heterocycles. The lowest BCUT2D eigenvalue weighted by Gasteiger charge is -1.92. The zero-order valence-electron chi connectivity index (χ0n) is 6.16. The van der Waals surface area contributed by atoms with Crippen molar-refractivity contribution in [3.8, 4) is 0 Å². The van der Waals surface area contributed by atoms with Gasteiger partial charge in [-0.3, -0.25) is 4.79 Å². The van der Waals surface area contributed by atoms with E-state index in [2.05, 4.69) is 4.85 Å². The van der Waals surface area contributed by atoms with Crippen LogP contribution in [0.3, 0.4) is 0 Å². The van der Waals surface area contributed by atoms with Crippen molar-refractivity contribution in [2.45, 2.75) is 6.92 Å². The second kappa shape index (κ2) is 2.98. The maximum atomic E-state index is 10.8. The second-order valence-corrected chi connectivity index (χ2v) is 2.21. The Balaban J connectivity index is 3.03. The van der Waals surface area contributed by atoms with Gasteiger partial charge in [0.05, 0.1) is 6.57 Å². The molecule has 0 aromatic heterocycles. The van der Waals surface area contributed by atoms with E-state index in [0.717, 1.165) is 0 Å². The summed E-state index contributed by atoms with van der Waals surface area (Å²) in [6.45, 7) is 8.17. The Morgan fingerprint density at radius 3 is 2.27 bits per heavy atom. The summed E-state index contributed by atoms with van der Waals surface area (Å²) < 4.78 is 0. The molecule has 0 fully saturated rings. The number of ketones is 1. The van der Waals surface area contributed by atoms with Crippen molar-refractivity contribution in [1.29, 1.82) is 0 Å². The van der Waals surface area contributed by atoms with Gasteiger partial charge in [0, 0.05) is 5.56 Å². The lowest BCUT2D eigenvalue weighted by Crippen LogP contribution is -1.88. The number of nitrogens with zero attached hydrogens (tertiary/aromatic N) is 1. The maximum Gasteiger partial charge on any atom is 0.187 e. The molecule has 2 heteroatoms. The lowest BCUT2D eigenvalue weighted by atomic mass is 10.1. The standard InChI is InChI=1S/C9H7NO/c1-7(11)8-3-5-9(10-2)6-4-8/h3-6H,1H3. The third-order valence-electron chi connectivity index (χ3n) is 1.40. The van der Waals surface area contributed by atoms with E-state index in [0.29, 0.717) is 11.3 Å². The molecule has 0 unspecified atom stereocenters. The van der Waals surface area contributed by atoms with Crippen molar-refractivity contribution in [2.24, 2.45) is 0 Å². The highest BCUT2D eigenvalue weighted by atomic mass is 16.1. The van der Waals surface area contributed by atoms with Crippen LogP contribution in [0.15, 0.2) is 24.3 Å². The molecule has 0 radical (unpaired) electrons. The van der Waals surface area contributed by atoms with Gasteiger partial charge in [-0.25, -0.2) is 4.85 Å². The summed E-state index contributed by atoms with van der Waals surface area (Å²) in [5, 5.41) is 0. The van der Waals surface area contributed by atoms with Gasteiger partial charge in [0.1, 0.15) is 0 Å². The fraction of sp³-hybridized carbons (Fsp3) is 0.111. The van der Waals surface area contributed by atoms with Crippen molar-refractivity contribution in [1.82, 2.24) is 0 Å². The van der Waals surface area contributed by atoms with Crippen LogP contribution in [-0.2, 0) is 0 Å². The largest absolute Gasteiger partial charge is 0.295 e. The highest BCUT2D eigenvalue weighted by Crippen LogP contribution is 2.12. The van der Waals surface area contributed by atoms with Crippen molar-refractivity contribution in [3.05, 3.63) is 41.2 Å². The predicted molar refractivity (Wildman–Crippen MR) is 42.7 cm³/mol. The average molecular weight is 145 g/mol. The van der Waals surface area contributed by atoms with E-state index < -0.39 is 0 Å². The van der Waals surface area contributed by atoms with Crippen LogP contribution < -0.4 is 0 Å². The summed E-state index contributed by atoms with van der Waals surface area (Å²) in [6.07, 6.45) is 0. The van der Waals surface area contributed by atoms with Gasteiger partial charge in [0.25, 0.3) is 0 Å². The number of hydrogen-bond acceptors (Lipinski definition) is 1. The number of carbonyl (C=O) groups is 1. The number of carbonyl (C=O) groups excluding carboxylic acids is 1. The Kier molecular flexibility index (Phi) is 2.03. The summed E-state index contributed by atoms with van der Waals surface area (Å²) >= 11 is 0. The molecule has 0 atom stereocenters. The van der Waals surface area contributed by atoms with E-state index in [-0.39, 0.29) is 5.78 Å². The summed E-state index contributed by atoms with van der Waals surface area (Å²) in [5.41, 5.74) is 1.22. The Hall–Kier alpha value is -1.62. The first-order valence-electron chi connectivity index (χ1n) is 3.22. The highest BCUT2D eigenvalue weighted by molar-refractivity contribution is 5.94. The van der Waals surface area contributed by atoms with Crippen LogP contribution in [-0.4, -0.2) is 5.78 Å². The predicted octanol–water partition coefficient (Wildman–Crippen LogP) is 2.44. The van der Waals surface area contributed by atoms with Crippen LogP contribution in [0, 0.1) is 6.57 Å². The molecule has 0 heterocycles. The zero-order chi connectivity index (χ0) is 8.27. The van der Waals surface area contributed by atoms with E-state index in [4.69, 9.17) is 6.57 Å². The summed E-state index contributed by atoms with van der Waals surface area (Å²) in [7, 11) is 0. The Morgan fingerprint density at radius 1 is 1.36 bits per heavy atom. The number of hydrogen-bond donors (Lipinski definition) is 0. The van der Waals surface area contributed by atoms with Crippen LogP contribution in [0.4, 0.5) is 5.69 Å². The van der Waals surface area contributed by atoms with E-state index >= 15 is 0 Å². The summed E-state index contributed by atoms with van der Waals surface area (Å²) in [6, 6.07) is 6.61. The molecule has 0 bridgehead atoms. The fourth-order valence-corrected chi connectivity index (χ4v) is 0.771. The number of rotatable bonds is 1. The minimum Gasteiger partial charge on any atom is -0.295 e. The van der Waals surface area contributed by atoms with E-state index in [1.807, 2.05) is 0 Å². The third-order valence-corrected chi connectivity index (χ3v) is 1.40. The van der Waals surface area contributed by atoms with Crippen molar-refractivity contribution >= 4 is 11.5 Å². The summed E-state index contributed by atoms with van der Waals surface area (Å²) in [5.74, 6) is 0.0292. The SMILES string of the molecule is [C-]#[N+]c1ccc(C(C)=O)cc1. The van der Waals surface area contributed by atoms with Crippen molar-refractivity contribution < 1.29 is 4.79 Å². The zero-order valence-corrected chi connectivity index (χ0v) is 6.16. The average Bonchev–Trinajstić information content (AvgIpc) is 2.05. The minimum absolute atomic E-state index is 0.0292. The topological polar surface area (TPSA) is 21.4 Å². The molecule has 0 amide bonds. The molecule has 0 aliphatic rings. The lowest BCUT2D eigenvalue weighted by molar-refractivity contribution is 0.101. The monoisotopic (exact) mass is 145 g/mol. The normalized spacial score (nSPS) is 8.73. The molecule has 0 saturated carbocycles. The molecule has 0 N–H and O–H groups in total. The molecule has 1 aromatic rings. The van der Waals surface area contributed by atoms with Gasteiger partial charge in [-0.15, -0.1) is 0 Å². The smallest absolute Gasteiger partial charge is 0.187 e. The third kappa shape index (κ3) is 1.65. The molecule has 54 valence electrons. The quantitative estimate of drug-likeness (QED) is 0.439. The molecule has 11 heavy (non-hydrogen) atoms. The van der Waals surface area contributed by atoms with Crippen LogP contribution in [0.25, 0.3) is 4.85 Å². The molecule has 0 spiro atoms. The first kappa shape index (κ1) is 7.49. The summed E-state index contributed by atoms with van der Waals surface area (Å²) in [4.78, 5) is 14.0. The van der Waals surface area contributed by atoms with Gasteiger partial charge in [-0.2, -0.15) is 0 Å². The van der Waals surface area contributed by atoms with Crippen molar-refractivity contribution in [2.75, 3.05) is 0 Å². The van der Waals surface area contributed by atoms with E-state index in [9.17, 15) is 4.79 Å².